The Balaban J connectivity index is 1.70. The van der Waals surface area contributed by atoms with E-state index in [1.54, 1.807) is 36.7 Å². The molecular formula is C28H22FN3O2S2. The van der Waals surface area contributed by atoms with Crippen LogP contribution in [-0.2, 0) is 15.6 Å². The molecule has 0 saturated carbocycles. The summed E-state index contributed by atoms with van der Waals surface area (Å²) in [7, 11) is -3.38. The fraction of sp³-hybridized carbons (Fsp3) is 0.0714. The zero-order valence-electron chi connectivity index (χ0n) is 19.4. The lowest BCUT2D eigenvalue weighted by atomic mass is 10.1. The summed E-state index contributed by atoms with van der Waals surface area (Å²) in [6, 6.07) is 26.9. The molecule has 0 unspecified atom stereocenters. The second-order valence-electron chi connectivity index (χ2n) is 8.17. The van der Waals surface area contributed by atoms with Gasteiger partial charge in [0.1, 0.15) is 5.82 Å². The van der Waals surface area contributed by atoms with Crippen molar-refractivity contribution in [3.05, 3.63) is 115 Å². The highest BCUT2D eigenvalue weighted by molar-refractivity contribution is 7.98. The van der Waals surface area contributed by atoms with E-state index < -0.39 is 9.84 Å². The fourth-order valence-corrected chi connectivity index (χ4v) is 6.08. The van der Waals surface area contributed by atoms with Crippen LogP contribution >= 0.6 is 11.8 Å². The Morgan fingerprint density at radius 2 is 1.50 bits per heavy atom. The Hall–Kier alpha value is -3.75. The number of hydrogen-bond acceptors (Lipinski definition) is 5. The third-order valence-electron chi connectivity index (χ3n) is 5.66. The number of aromatic nitrogens is 3. The molecular weight excluding hydrogens is 493 g/mol. The molecule has 0 amide bonds. The van der Waals surface area contributed by atoms with E-state index in [0.717, 1.165) is 22.5 Å². The minimum absolute atomic E-state index is 0.309. The zero-order valence-corrected chi connectivity index (χ0v) is 21.0. The van der Waals surface area contributed by atoms with Crippen LogP contribution in [-0.4, -0.2) is 29.2 Å². The minimum atomic E-state index is -3.38. The highest BCUT2D eigenvalue weighted by Gasteiger charge is 2.22. The lowest BCUT2D eigenvalue weighted by Crippen LogP contribution is -2.02. The maximum atomic E-state index is 13.7. The molecule has 0 spiro atoms. The van der Waals surface area contributed by atoms with E-state index in [-0.39, 0.29) is 5.82 Å². The number of pyridine rings is 1. The van der Waals surface area contributed by atoms with Crippen molar-refractivity contribution in [3.8, 4) is 28.2 Å². The van der Waals surface area contributed by atoms with Crippen molar-refractivity contribution in [3.63, 3.8) is 0 Å². The van der Waals surface area contributed by atoms with Gasteiger partial charge < -0.3 is 0 Å². The van der Waals surface area contributed by atoms with E-state index in [1.807, 2.05) is 54.6 Å². The van der Waals surface area contributed by atoms with Crippen LogP contribution in [0.2, 0.25) is 0 Å². The van der Waals surface area contributed by atoms with Crippen molar-refractivity contribution in [1.29, 1.82) is 0 Å². The average molecular weight is 516 g/mol. The van der Waals surface area contributed by atoms with Gasteiger partial charge in [-0.15, -0.1) is 0 Å². The third-order valence-corrected chi connectivity index (χ3v) is 7.85. The molecule has 180 valence electrons. The number of nitrogens with zero attached hydrogens (tertiary/aromatic N) is 3. The van der Waals surface area contributed by atoms with Crippen LogP contribution in [0.3, 0.4) is 0 Å². The molecule has 0 atom stereocenters. The molecule has 3 aromatic carbocycles. The first kappa shape index (κ1) is 24.0. The second-order valence-corrected chi connectivity index (χ2v) is 11.1. The molecule has 2 aromatic heterocycles. The van der Waals surface area contributed by atoms with Gasteiger partial charge in [0.2, 0.25) is 0 Å². The van der Waals surface area contributed by atoms with Crippen LogP contribution in [0.5, 0.6) is 0 Å². The fourth-order valence-electron chi connectivity index (χ4n) is 4.03. The van der Waals surface area contributed by atoms with Crippen molar-refractivity contribution in [2.45, 2.75) is 15.8 Å². The predicted octanol–water partition coefficient (Wildman–Crippen LogP) is 6.44. The van der Waals surface area contributed by atoms with Crippen LogP contribution in [0.4, 0.5) is 4.39 Å². The van der Waals surface area contributed by atoms with Gasteiger partial charge in [-0.25, -0.2) is 17.8 Å². The quantitative estimate of drug-likeness (QED) is 0.234. The van der Waals surface area contributed by atoms with Gasteiger partial charge in [-0.1, -0.05) is 48.2 Å². The molecule has 5 nitrogen and oxygen atoms in total. The molecule has 2 heterocycles. The summed E-state index contributed by atoms with van der Waals surface area (Å²) in [6.45, 7) is 0. The van der Waals surface area contributed by atoms with Crippen molar-refractivity contribution < 1.29 is 12.8 Å². The van der Waals surface area contributed by atoms with Crippen molar-refractivity contribution in [2.75, 3.05) is 6.26 Å². The number of benzene rings is 3. The molecule has 8 heteroatoms. The standard InChI is InChI=1S/C28H22FN3O2S2/c1-36(33,34)25-10-6-5-7-22(25)19-35-28-31-26(20-11-13-23(29)14-12-20)27(21-15-17-30-18-16-21)32(28)24-8-3-2-4-9-24/h2-18H,19H2,1H3. The Morgan fingerprint density at radius 1 is 0.833 bits per heavy atom. The second kappa shape index (κ2) is 10.1. The van der Waals surface area contributed by atoms with Gasteiger partial charge in [0, 0.05) is 41.2 Å². The van der Waals surface area contributed by atoms with Gasteiger partial charge in [-0.2, -0.15) is 0 Å². The summed E-state index contributed by atoms with van der Waals surface area (Å²) in [5.74, 6) is 0.0878. The molecule has 5 rings (SSSR count). The van der Waals surface area contributed by atoms with Crippen LogP contribution in [0.15, 0.2) is 113 Å². The van der Waals surface area contributed by atoms with E-state index in [4.69, 9.17) is 4.98 Å². The molecule has 0 aliphatic heterocycles. The van der Waals surface area contributed by atoms with E-state index in [1.165, 1.54) is 30.2 Å². The smallest absolute Gasteiger partial charge is 0.175 e. The molecule has 36 heavy (non-hydrogen) atoms. The SMILES string of the molecule is CS(=O)(=O)c1ccccc1CSc1nc(-c2ccc(F)cc2)c(-c2ccncc2)n1-c1ccccc1. The number of imidazole rings is 1. The van der Waals surface area contributed by atoms with Gasteiger partial charge in [-0.05, 0) is 60.2 Å². The number of halogens is 1. The van der Waals surface area contributed by atoms with Crippen LogP contribution in [0, 0.1) is 5.82 Å². The molecule has 0 radical (unpaired) electrons. The normalized spacial score (nSPS) is 11.5. The number of sulfone groups is 1. The maximum Gasteiger partial charge on any atom is 0.175 e. The number of rotatable bonds is 7. The van der Waals surface area contributed by atoms with Crippen molar-refractivity contribution in [2.24, 2.45) is 0 Å². The Kier molecular flexibility index (Phi) is 6.71. The summed E-state index contributed by atoms with van der Waals surface area (Å²) >= 11 is 1.45. The highest BCUT2D eigenvalue weighted by atomic mass is 32.2. The van der Waals surface area contributed by atoms with Gasteiger partial charge in [0.05, 0.1) is 16.3 Å². The third kappa shape index (κ3) is 4.96. The first-order valence-corrected chi connectivity index (χ1v) is 14.0. The van der Waals surface area contributed by atoms with Gasteiger partial charge in [-0.3, -0.25) is 9.55 Å². The highest BCUT2D eigenvalue weighted by Crippen LogP contribution is 2.39. The monoisotopic (exact) mass is 515 g/mol. The molecule has 0 bridgehead atoms. The van der Waals surface area contributed by atoms with Gasteiger partial charge >= 0.3 is 0 Å². The van der Waals surface area contributed by atoms with E-state index in [9.17, 15) is 12.8 Å². The number of hydrogen-bond donors (Lipinski definition) is 0. The zero-order chi connectivity index (χ0) is 25.1. The summed E-state index contributed by atoms with van der Waals surface area (Å²) in [5, 5.41) is 0.690. The Labute approximate surface area is 213 Å². The lowest BCUT2D eigenvalue weighted by Gasteiger charge is -2.13. The van der Waals surface area contributed by atoms with E-state index in [0.29, 0.717) is 27.1 Å². The average Bonchev–Trinajstić information content (AvgIpc) is 3.28. The molecule has 5 aromatic rings. The van der Waals surface area contributed by atoms with Crippen LogP contribution in [0.1, 0.15) is 5.56 Å². The van der Waals surface area contributed by atoms with Gasteiger partial charge in [0.25, 0.3) is 0 Å². The lowest BCUT2D eigenvalue weighted by molar-refractivity contribution is 0.601. The summed E-state index contributed by atoms with van der Waals surface area (Å²) < 4.78 is 40.5. The first-order chi connectivity index (χ1) is 17.4. The van der Waals surface area contributed by atoms with Crippen molar-refractivity contribution >= 4 is 21.6 Å². The summed E-state index contributed by atoms with van der Waals surface area (Å²) in [6.07, 6.45) is 4.66. The van der Waals surface area contributed by atoms with Crippen molar-refractivity contribution in [1.82, 2.24) is 14.5 Å². The number of para-hydroxylation sites is 1. The molecule has 0 N–H and O–H groups in total. The Morgan fingerprint density at radius 3 is 2.19 bits per heavy atom. The summed E-state index contributed by atoms with van der Waals surface area (Å²) in [4.78, 5) is 9.47. The molecule has 0 aliphatic carbocycles. The number of thioether (sulfide) groups is 1. The molecule has 0 fully saturated rings. The Bertz CT molecular complexity index is 1600. The summed E-state index contributed by atoms with van der Waals surface area (Å²) in [5.41, 5.74) is 4.84. The maximum absolute atomic E-state index is 13.7. The van der Waals surface area contributed by atoms with E-state index >= 15 is 0 Å². The van der Waals surface area contributed by atoms with Crippen LogP contribution < -0.4 is 0 Å². The predicted molar refractivity (Wildman–Crippen MR) is 141 cm³/mol. The molecule has 0 aliphatic rings. The van der Waals surface area contributed by atoms with E-state index in [2.05, 4.69) is 9.55 Å². The molecule has 0 saturated heterocycles. The first-order valence-electron chi connectivity index (χ1n) is 11.2. The largest absolute Gasteiger partial charge is 0.287 e. The van der Waals surface area contributed by atoms with Crippen LogP contribution in [0.25, 0.3) is 28.2 Å². The topological polar surface area (TPSA) is 64.8 Å². The van der Waals surface area contributed by atoms with Gasteiger partial charge in [0.15, 0.2) is 15.0 Å². The minimum Gasteiger partial charge on any atom is -0.287 e.